The summed E-state index contributed by atoms with van der Waals surface area (Å²) in [6.07, 6.45) is 4.55. The normalized spacial score (nSPS) is 33.1. The second kappa shape index (κ2) is 3.65. The molecular formula is C13H19N3. The van der Waals surface area contributed by atoms with E-state index < -0.39 is 0 Å². The van der Waals surface area contributed by atoms with Crippen molar-refractivity contribution in [1.82, 2.24) is 4.98 Å². The molecule has 0 aromatic carbocycles. The second-order valence-corrected chi connectivity index (χ2v) is 5.27. The van der Waals surface area contributed by atoms with Crippen LogP contribution in [0.5, 0.6) is 0 Å². The van der Waals surface area contributed by atoms with Gasteiger partial charge in [0.2, 0.25) is 0 Å². The smallest absolute Gasteiger partial charge is 0.146 e. The maximum atomic E-state index is 5.94. The number of nitrogens with zero attached hydrogens (tertiary/aromatic N) is 2. The van der Waals surface area contributed by atoms with Crippen LogP contribution in [0.4, 0.5) is 11.5 Å². The van der Waals surface area contributed by atoms with Crippen molar-refractivity contribution in [3.63, 3.8) is 0 Å². The van der Waals surface area contributed by atoms with Gasteiger partial charge in [0.15, 0.2) is 0 Å². The SMILES string of the molecule is CC1[C@@H]2CC[C@H]1CN(c1cccnc1N)C2. The number of pyridine rings is 1. The number of piperidine rings is 1. The molecule has 2 heterocycles. The summed E-state index contributed by atoms with van der Waals surface area (Å²) in [6, 6.07) is 4.07. The highest BCUT2D eigenvalue weighted by Crippen LogP contribution is 2.43. The van der Waals surface area contributed by atoms with Crippen molar-refractivity contribution >= 4 is 11.5 Å². The molecule has 86 valence electrons. The van der Waals surface area contributed by atoms with E-state index in [9.17, 15) is 0 Å². The lowest BCUT2D eigenvalue weighted by molar-refractivity contribution is 0.295. The first kappa shape index (κ1) is 9.94. The van der Waals surface area contributed by atoms with Gasteiger partial charge in [-0.05, 0) is 42.7 Å². The topological polar surface area (TPSA) is 42.2 Å². The molecule has 16 heavy (non-hydrogen) atoms. The molecule has 1 saturated carbocycles. The minimum atomic E-state index is 0.677. The van der Waals surface area contributed by atoms with E-state index in [0.29, 0.717) is 5.82 Å². The summed E-state index contributed by atoms with van der Waals surface area (Å²) < 4.78 is 0. The van der Waals surface area contributed by atoms with Crippen LogP contribution in [0.1, 0.15) is 19.8 Å². The Balaban J connectivity index is 1.86. The number of hydrogen-bond acceptors (Lipinski definition) is 3. The van der Waals surface area contributed by atoms with Gasteiger partial charge in [0.25, 0.3) is 0 Å². The molecule has 1 aliphatic carbocycles. The van der Waals surface area contributed by atoms with E-state index in [1.54, 1.807) is 6.20 Å². The lowest BCUT2D eigenvalue weighted by atomic mass is 9.86. The van der Waals surface area contributed by atoms with Crippen molar-refractivity contribution in [3.05, 3.63) is 18.3 Å². The Morgan fingerprint density at radius 3 is 2.62 bits per heavy atom. The highest BCUT2D eigenvalue weighted by atomic mass is 15.2. The first-order valence-corrected chi connectivity index (χ1v) is 6.21. The second-order valence-electron chi connectivity index (χ2n) is 5.27. The summed E-state index contributed by atoms with van der Waals surface area (Å²) in [5.74, 6) is 3.29. The summed E-state index contributed by atoms with van der Waals surface area (Å²) >= 11 is 0. The Hall–Kier alpha value is -1.25. The van der Waals surface area contributed by atoms with Crippen molar-refractivity contribution in [2.75, 3.05) is 23.7 Å². The number of nitrogens with two attached hydrogens (primary N) is 1. The molecule has 3 atom stereocenters. The van der Waals surface area contributed by atoms with Crippen LogP contribution < -0.4 is 10.6 Å². The maximum Gasteiger partial charge on any atom is 0.146 e. The maximum absolute atomic E-state index is 5.94. The minimum Gasteiger partial charge on any atom is -0.382 e. The van der Waals surface area contributed by atoms with Gasteiger partial charge < -0.3 is 10.6 Å². The first-order chi connectivity index (χ1) is 7.75. The fraction of sp³-hybridized carbons (Fsp3) is 0.615. The van der Waals surface area contributed by atoms with Gasteiger partial charge in [0, 0.05) is 19.3 Å². The van der Waals surface area contributed by atoms with Crippen molar-refractivity contribution in [3.8, 4) is 0 Å². The minimum absolute atomic E-state index is 0.677. The Morgan fingerprint density at radius 1 is 1.31 bits per heavy atom. The highest BCUT2D eigenvalue weighted by molar-refractivity contribution is 5.63. The van der Waals surface area contributed by atoms with Crippen LogP contribution in [0, 0.1) is 17.8 Å². The van der Waals surface area contributed by atoms with E-state index in [-0.39, 0.29) is 0 Å². The molecule has 3 heteroatoms. The molecule has 1 saturated heterocycles. The molecule has 1 aromatic heterocycles. The van der Waals surface area contributed by atoms with Gasteiger partial charge in [-0.2, -0.15) is 0 Å². The van der Waals surface area contributed by atoms with Crippen molar-refractivity contribution in [2.24, 2.45) is 17.8 Å². The highest BCUT2D eigenvalue weighted by Gasteiger charge is 2.39. The van der Waals surface area contributed by atoms with Crippen LogP contribution in [0.2, 0.25) is 0 Å². The lowest BCUT2D eigenvalue weighted by Crippen LogP contribution is -2.41. The molecule has 2 bridgehead atoms. The Labute approximate surface area is 96.7 Å². The van der Waals surface area contributed by atoms with Gasteiger partial charge in [-0.1, -0.05) is 6.92 Å². The molecule has 1 aromatic rings. The Morgan fingerprint density at radius 2 is 2.00 bits per heavy atom. The van der Waals surface area contributed by atoms with Crippen LogP contribution in [0.3, 0.4) is 0 Å². The monoisotopic (exact) mass is 217 g/mol. The van der Waals surface area contributed by atoms with E-state index in [0.717, 1.165) is 36.5 Å². The fourth-order valence-corrected chi connectivity index (χ4v) is 3.37. The number of fused-ring (bicyclic) bond motifs is 2. The number of anilines is 2. The summed E-state index contributed by atoms with van der Waals surface area (Å²) in [6.45, 7) is 4.73. The molecule has 2 aliphatic rings. The zero-order valence-corrected chi connectivity index (χ0v) is 9.76. The number of hydrogen-bond donors (Lipinski definition) is 1. The summed E-state index contributed by atoms with van der Waals surface area (Å²) in [5.41, 5.74) is 7.08. The predicted octanol–water partition coefficient (Wildman–Crippen LogP) is 2.15. The summed E-state index contributed by atoms with van der Waals surface area (Å²) in [5, 5.41) is 0. The van der Waals surface area contributed by atoms with Gasteiger partial charge in [-0.15, -0.1) is 0 Å². The lowest BCUT2D eigenvalue weighted by Gasteiger charge is -2.38. The molecule has 0 radical (unpaired) electrons. The van der Waals surface area contributed by atoms with Crippen LogP contribution in [0.25, 0.3) is 0 Å². The molecule has 1 aliphatic heterocycles. The number of nitrogen functional groups attached to an aromatic ring is 1. The van der Waals surface area contributed by atoms with Gasteiger partial charge in [0.05, 0.1) is 5.69 Å². The quantitative estimate of drug-likeness (QED) is 0.783. The van der Waals surface area contributed by atoms with Gasteiger partial charge in [-0.3, -0.25) is 0 Å². The third-order valence-electron chi connectivity index (χ3n) is 4.46. The van der Waals surface area contributed by atoms with E-state index in [4.69, 9.17) is 5.73 Å². The molecule has 0 spiro atoms. The van der Waals surface area contributed by atoms with E-state index in [2.05, 4.69) is 22.9 Å². The van der Waals surface area contributed by atoms with Gasteiger partial charge in [0.1, 0.15) is 5.82 Å². The molecule has 2 N–H and O–H groups in total. The largest absolute Gasteiger partial charge is 0.382 e. The average Bonchev–Trinajstić information content (AvgIpc) is 2.53. The van der Waals surface area contributed by atoms with E-state index in [1.807, 2.05) is 6.07 Å². The van der Waals surface area contributed by atoms with Crippen molar-refractivity contribution < 1.29 is 0 Å². The zero-order valence-electron chi connectivity index (χ0n) is 9.76. The van der Waals surface area contributed by atoms with Crippen LogP contribution in [-0.4, -0.2) is 18.1 Å². The van der Waals surface area contributed by atoms with E-state index >= 15 is 0 Å². The first-order valence-electron chi connectivity index (χ1n) is 6.21. The molecule has 1 unspecified atom stereocenters. The van der Waals surface area contributed by atoms with Crippen LogP contribution >= 0.6 is 0 Å². The molecule has 3 rings (SSSR count). The van der Waals surface area contributed by atoms with Crippen molar-refractivity contribution in [2.45, 2.75) is 19.8 Å². The van der Waals surface area contributed by atoms with Gasteiger partial charge >= 0.3 is 0 Å². The molecule has 0 amide bonds. The molecule has 3 nitrogen and oxygen atoms in total. The average molecular weight is 217 g/mol. The predicted molar refractivity (Wildman–Crippen MR) is 66.2 cm³/mol. The van der Waals surface area contributed by atoms with E-state index in [1.165, 1.54) is 12.8 Å². The fourth-order valence-electron chi connectivity index (χ4n) is 3.37. The standard InChI is InChI=1S/C13H19N3/c1-9-10-4-5-11(9)8-16(7-10)12-3-2-6-15-13(12)14/h2-3,6,9-11H,4-5,7-8H2,1H3,(H2,14,15)/t9?,10-,11+. The third-order valence-corrected chi connectivity index (χ3v) is 4.46. The summed E-state index contributed by atoms with van der Waals surface area (Å²) in [4.78, 5) is 6.62. The summed E-state index contributed by atoms with van der Waals surface area (Å²) in [7, 11) is 0. The Bertz CT molecular complexity index is 377. The van der Waals surface area contributed by atoms with Gasteiger partial charge in [-0.25, -0.2) is 4.98 Å². The Kier molecular flexibility index (Phi) is 2.27. The van der Waals surface area contributed by atoms with Crippen LogP contribution in [-0.2, 0) is 0 Å². The third kappa shape index (κ3) is 1.46. The van der Waals surface area contributed by atoms with Crippen molar-refractivity contribution in [1.29, 1.82) is 0 Å². The molecule has 2 fully saturated rings. The zero-order chi connectivity index (χ0) is 11.1. The molecular weight excluding hydrogens is 198 g/mol. The van der Waals surface area contributed by atoms with Crippen LogP contribution in [0.15, 0.2) is 18.3 Å². The number of aromatic nitrogens is 1. The number of rotatable bonds is 1.